The topological polar surface area (TPSA) is 77.8 Å². The molecule has 0 aliphatic carbocycles. The summed E-state index contributed by atoms with van der Waals surface area (Å²) >= 11 is 0. The largest absolute Gasteiger partial charge is 0.486 e. The summed E-state index contributed by atoms with van der Waals surface area (Å²) in [7, 11) is 0. The fourth-order valence-corrected chi connectivity index (χ4v) is 2.58. The van der Waals surface area contributed by atoms with Gasteiger partial charge in [0.15, 0.2) is 6.10 Å². The molecular weight excluding hydrogens is 370 g/mol. The Labute approximate surface area is 169 Å². The summed E-state index contributed by atoms with van der Waals surface area (Å²) in [5, 5.41) is 2.73. The molecular formula is C23H23NO5. The number of esters is 1. The normalized spacial score (nSPS) is 11.5. The second-order valence-electron chi connectivity index (χ2n) is 6.45. The molecule has 0 saturated heterocycles. The average molecular weight is 393 g/mol. The highest BCUT2D eigenvalue weighted by molar-refractivity contribution is 5.96. The highest BCUT2D eigenvalue weighted by Gasteiger charge is 2.21. The Morgan fingerprint density at radius 1 is 1.00 bits per heavy atom. The molecule has 1 aromatic heterocycles. The summed E-state index contributed by atoms with van der Waals surface area (Å²) in [6, 6.07) is 19.9. The van der Waals surface area contributed by atoms with Crippen LogP contribution in [-0.2, 0) is 22.6 Å². The van der Waals surface area contributed by atoms with Crippen LogP contribution in [0.2, 0.25) is 0 Å². The number of aryl methyl sites for hydroxylation is 1. The number of rotatable bonds is 8. The van der Waals surface area contributed by atoms with E-state index in [2.05, 4.69) is 12.2 Å². The first-order valence-electron chi connectivity index (χ1n) is 9.42. The molecule has 0 spiro atoms. The molecule has 0 saturated carbocycles. The number of furan rings is 1. The number of hydrogen-bond acceptors (Lipinski definition) is 5. The van der Waals surface area contributed by atoms with Crippen LogP contribution in [0, 0.1) is 0 Å². The Morgan fingerprint density at radius 3 is 2.41 bits per heavy atom. The second-order valence-corrected chi connectivity index (χ2v) is 6.45. The Morgan fingerprint density at radius 2 is 1.72 bits per heavy atom. The Balaban J connectivity index is 1.51. The number of carbonyl (C=O) groups is 2. The third kappa shape index (κ3) is 5.72. The first-order valence-corrected chi connectivity index (χ1v) is 9.42. The summed E-state index contributed by atoms with van der Waals surface area (Å²) in [6.45, 7) is 3.75. The molecule has 0 bridgehead atoms. The zero-order valence-corrected chi connectivity index (χ0v) is 16.4. The SMILES string of the molecule is CCc1ccc(NC(=O)[C@H](C)OC(=O)c2ccc(COc3ccccc3)o2)cc1. The lowest BCUT2D eigenvalue weighted by molar-refractivity contribution is -0.123. The van der Waals surface area contributed by atoms with Crippen molar-refractivity contribution in [1.29, 1.82) is 0 Å². The highest BCUT2D eigenvalue weighted by atomic mass is 16.6. The molecule has 3 aromatic rings. The smallest absolute Gasteiger partial charge is 0.375 e. The Bertz CT molecular complexity index is 947. The van der Waals surface area contributed by atoms with E-state index in [1.807, 2.05) is 54.6 Å². The van der Waals surface area contributed by atoms with Gasteiger partial charge in [0, 0.05) is 5.69 Å². The number of para-hydroxylation sites is 1. The van der Waals surface area contributed by atoms with E-state index in [9.17, 15) is 9.59 Å². The maximum absolute atomic E-state index is 12.3. The predicted molar refractivity (Wildman–Crippen MR) is 109 cm³/mol. The van der Waals surface area contributed by atoms with Gasteiger partial charge < -0.3 is 19.2 Å². The summed E-state index contributed by atoms with van der Waals surface area (Å²) in [5.74, 6) is 0.0737. The lowest BCUT2D eigenvalue weighted by atomic mass is 10.1. The Hall–Kier alpha value is -3.54. The fraction of sp³-hybridized carbons (Fsp3) is 0.217. The van der Waals surface area contributed by atoms with Gasteiger partial charge in [-0.3, -0.25) is 4.79 Å². The third-order valence-corrected chi connectivity index (χ3v) is 4.27. The van der Waals surface area contributed by atoms with Crippen molar-refractivity contribution in [1.82, 2.24) is 0 Å². The quantitative estimate of drug-likeness (QED) is 0.566. The first-order chi connectivity index (χ1) is 14.0. The van der Waals surface area contributed by atoms with Gasteiger partial charge in [-0.15, -0.1) is 0 Å². The number of carbonyl (C=O) groups excluding carboxylic acids is 2. The first kappa shape index (κ1) is 20.2. The molecule has 1 atom stereocenters. The summed E-state index contributed by atoms with van der Waals surface area (Å²) in [5.41, 5.74) is 1.82. The monoisotopic (exact) mass is 393 g/mol. The minimum atomic E-state index is -0.970. The van der Waals surface area contributed by atoms with Crippen LogP contribution in [0.15, 0.2) is 71.1 Å². The van der Waals surface area contributed by atoms with Crippen LogP contribution < -0.4 is 10.1 Å². The average Bonchev–Trinajstić information content (AvgIpc) is 3.23. The molecule has 1 amide bonds. The molecule has 1 N–H and O–H groups in total. The minimum absolute atomic E-state index is 0.0172. The van der Waals surface area contributed by atoms with Gasteiger partial charge in [-0.25, -0.2) is 4.79 Å². The maximum atomic E-state index is 12.3. The van der Waals surface area contributed by atoms with Crippen LogP contribution in [0.3, 0.4) is 0 Å². The molecule has 3 rings (SSSR count). The van der Waals surface area contributed by atoms with E-state index in [0.29, 0.717) is 17.2 Å². The van der Waals surface area contributed by atoms with Crippen LogP contribution in [0.4, 0.5) is 5.69 Å². The summed E-state index contributed by atoms with van der Waals surface area (Å²) in [6.07, 6.45) is -0.0495. The van der Waals surface area contributed by atoms with E-state index in [4.69, 9.17) is 13.9 Å². The van der Waals surface area contributed by atoms with Crippen LogP contribution in [-0.4, -0.2) is 18.0 Å². The number of anilines is 1. The Kier molecular flexibility index (Phi) is 6.68. The van der Waals surface area contributed by atoms with Gasteiger partial charge in [-0.2, -0.15) is 0 Å². The van der Waals surface area contributed by atoms with Gasteiger partial charge in [-0.05, 0) is 55.3 Å². The number of hydrogen-bond donors (Lipinski definition) is 1. The second kappa shape index (κ2) is 9.59. The summed E-state index contributed by atoms with van der Waals surface area (Å²) in [4.78, 5) is 24.5. The lowest BCUT2D eigenvalue weighted by Gasteiger charge is -2.13. The molecule has 6 nitrogen and oxygen atoms in total. The van der Waals surface area contributed by atoms with Gasteiger partial charge in [0.1, 0.15) is 18.1 Å². The van der Waals surface area contributed by atoms with E-state index < -0.39 is 18.0 Å². The molecule has 1 heterocycles. The zero-order chi connectivity index (χ0) is 20.6. The molecule has 0 unspecified atom stereocenters. The van der Waals surface area contributed by atoms with Crippen molar-refractivity contribution in [2.24, 2.45) is 0 Å². The van der Waals surface area contributed by atoms with E-state index >= 15 is 0 Å². The number of benzene rings is 2. The minimum Gasteiger partial charge on any atom is -0.486 e. The van der Waals surface area contributed by atoms with Crippen molar-refractivity contribution in [3.05, 3.63) is 83.8 Å². The molecule has 6 heteroatoms. The number of ether oxygens (including phenoxy) is 2. The van der Waals surface area contributed by atoms with Crippen molar-refractivity contribution in [2.45, 2.75) is 33.0 Å². The van der Waals surface area contributed by atoms with Gasteiger partial charge in [-0.1, -0.05) is 37.3 Å². The third-order valence-electron chi connectivity index (χ3n) is 4.27. The van der Waals surface area contributed by atoms with Crippen molar-refractivity contribution < 1.29 is 23.5 Å². The van der Waals surface area contributed by atoms with Gasteiger partial charge in [0.2, 0.25) is 5.76 Å². The lowest BCUT2D eigenvalue weighted by Crippen LogP contribution is -2.29. The number of amides is 1. The van der Waals surface area contributed by atoms with Gasteiger partial charge >= 0.3 is 5.97 Å². The zero-order valence-electron chi connectivity index (χ0n) is 16.4. The van der Waals surface area contributed by atoms with Crippen LogP contribution >= 0.6 is 0 Å². The van der Waals surface area contributed by atoms with Crippen LogP contribution in [0.5, 0.6) is 5.75 Å². The van der Waals surface area contributed by atoms with Crippen LogP contribution in [0.1, 0.15) is 35.7 Å². The van der Waals surface area contributed by atoms with E-state index in [-0.39, 0.29) is 12.4 Å². The van der Waals surface area contributed by atoms with Crippen molar-refractivity contribution in [3.8, 4) is 5.75 Å². The van der Waals surface area contributed by atoms with Gasteiger partial charge in [0.25, 0.3) is 5.91 Å². The highest BCUT2D eigenvalue weighted by Crippen LogP contribution is 2.16. The van der Waals surface area contributed by atoms with E-state index in [1.165, 1.54) is 18.6 Å². The predicted octanol–water partition coefficient (Wildman–Crippen LogP) is 4.61. The summed E-state index contributed by atoms with van der Waals surface area (Å²) < 4.78 is 16.2. The molecule has 0 aliphatic rings. The molecule has 0 radical (unpaired) electrons. The number of nitrogens with one attached hydrogen (secondary N) is 1. The van der Waals surface area contributed by atoms with E-state index in [0.717, 1.165) is 6.42 Å². The standard InChI is InChI=1S/C23H23NO5/c1-3-17-9-11-18(12-10-17)24-22(25)16(2)28-23(26)21-14-13-20(29-21)15-27-19-7-5-4-6-8-19/h4-14,16H,3,15H2,1-2H3,(H,24,25)/t16-/m0/s1. The maximum Gasteiger partial charge on any atom is 0.375 e. The van der Waals surface area contributed by atoms with Crippen LogP contribution in [0.25, 0.3) is 0 Å². The van der Waals surface area contributed by atoms with Crippen molar-refractivity contribution in [3.63, 3.8) is 0 Å². The van der Waals surface area contributed by atoms with E-state index in [1.54, 1.807) is 6.07 Å². The fourth-order valence-electron chi connectivity index (χ4n) is 2.58. The molecule has 2 aromatic carbocycles. The van der Waals surface area contributed by atoms with Crippen molar-refractivity contribution in [2.75, 3.05) is 5.32 Å². The van der Waals surface area contributed by atoms with Gasteiger partial charge in [0.05, 0.1) is 0 Å². The molecule has 0 aliphatic heterocycles. The molecule has 29 heavy (non-hydrogen) atoms. The molecule has 150 valence electrons. The van der Waals surface area contributed by atoms with Crippen molar-refractivity contribution >= 4 is 17.6 Å². The molecule has 0 fully saturated rings.